The topological polar surface area (TPSA) is 79.0 Å². The second-order valence-corrected chi connectivity index (χ2v) is 7.83. The number of carbonyl (C=O) groups excluding carboxylic acids is 1. The minimum atomic E-state index is -0.496. The molecule has 6 nitrogen and oxygen atoms in total. The number of hydrogen-bond acceptors (Lipinski definition) is 5. The number of aliphatic hydroxyl groups is 1. The molecular weight excluding hydrogens is 282 g/mol. The van der Waals surface area contributed by atoms with E-state index in [2.05, 4.69) is 0 Å². The highest BCUT2D eigenvalue weighted by Gasteiger charge is 2.38. The monoisotopic (exact) mass is 315 g/mol. The van der Waals surface area contributed by atoms with Crippen LogP contribution in [0.25, 0.3) is 0 Å². The van der Waals surface area contributed by atoms with Crippen molar-refractivity contribution in [2.45, 2.75) is 51.7 Å². The first-order valence-electron chi connectivity index (χ1n) is 8.08. The fourth-order valence-electron chi connectivity index (χ4n) is 3.09. The van der Waals surface area contributed by atoms with E-state index < -0.39 is 11.7 Å². The van der Waals surface area contributed by atoms with Crippen LogP contribution in [-0.2, 0) is 4.74 Å². The lowest BCUT2D eigenvalue weighted by molar-refractivity contribution is -0.00792. The fraction of sp³-hybridized carbons (Fsp3) is 0.938. The van der Waals surface area contributed by atoms with Gasteiger partial charge < -0.3 is 25.4 Å². The number of likely N-dealkylation sites (N-methyl/N-ethyl adjacent to an activating group) is 1. The Kier molecular flexibility index (Phi) is 6.65. The van der Waals surface area contributed by atoms with E-state index in [-0.39, 0.29) is 11.5 Å². The van der Waals surface area contributed by atoms with E-state index >= 15 is 0 Å². The van der Waals surface area contributed by atoms with E-state index in [1.54, 1.807) is 4.90 Å². The van der Waals surface area contributed by atoms with E-state index in [0.29, 0.717) is 32.6 Å². The summed E-state index contributed by atoms with van der Waals surface area (Å²) in [5, 5.41) is 10.2. The summed E-state index contributed by atoms with van der Waals surface area (Å²) >= 11 is 0. The maximum atomic E-state index is 12.3. The van der Waals surface area contributed by atoms with Crippen molar-refractivity contribution >= 4 is 6.09 Å². The highest BCUT2D eigenvalue weighted by molar-refractivity contribution is 5.68. The van der Waals surface area contributed by atoms with Gasteiger partial charge in [-0.1, -0.05) is 0 Å². The maximum absolute atomic E-state index is 12.3. The number of nitrogens with two attached hydrogens (primary N) is 1. The van der Waals surface area contributed by atoms with Crippen LogP contribution < -0.4 is 5.73 Å². The number of nitrogens with zero attached hydrogens (tertiary/aromatic N) is 2. The van der Waals surface area contributed by atoms with Gasteiger partial charge in [-0.05, 0) is 60.7 Å². The molecule has 22 heavy (non-hydrogen) atoms. The number of hydrogen-bond donors (Lipinski definition) is 2. The zero-order valence-electron chi connectivity index (χ0n) is 14.8. The van der Waals surface area contributed by atoms with Crippen LogP contribution in [0.1, 0.15) is 40.0 Å². The Hall–Kier alpha value is -0.850. The summed E-state index contributed by atoms with van der Waals surface area (Å²) in [4.78, 5) is 16.0. The lowest BCUT2D eigenvalue weighted by atomic mass is 9.75. The number of carbonyl (C=O) groups is 1. The van der Waals surface area contributed by atoms with E-state index in [4.69, 9.17) is 10.5 Å². The highest BCUT2D eigenvalue weighted by Crippen LogP contribution is 2.34. The minimum Gasteiger partial charge on any atom is -0.444 e. The molecule has 2 unspecified atom stereocenters. The summed E-state index contributed by atoms with van der Waals surface area (Å²) in [7, 11) is 3.87. The van der Waals surface area contributed by atoms with Crippen LogP contribution in [0.15, 0.2) is 0 Å². The zero-order chi connectivity index (χ0) is 17.0. The summed E-state index contributed by atoms with van der Waals surface area (Å²) in [6.45, 7) is 7.93. The molecule has 6 heteroatoms. The average Bonchev–Trinajstić information content (AvgIpc) is 2.35. The molecule has 1 amide bonds. The Labute approximate surface area is 134 Å². The number of rotatable bonds is 5. The van der Waals surface area contributed by atoms with Gasteiger partial charge in [0.25, 0.3) is 0 Å². The van der Waals surface area contributed by atoms with Gasteiger partial charge in [0.05, 0.1) is 6.10 Å². The SMILES string of the molecule is CN(C)CC(O)CC1(CN)CCCN(C(=O)OC(C)(C)C)C1. The quantitative estimate of drug-likeness (QED) is 0.799. The molecule has 1 saturated heterocycles. The van der Waals surface area contributed by atoms with Gasteiger partial charge in [0.15, 0.2) is 0 Å². The molecule has 0 saturated carbocycles. The van der Waals surface area contributed by atoms with E-state index in [0.717, 1.165) is 12.8 Å². The molecule has 3 N–H and O–H groups in total. The minimum absolute atomic E-state index is 0.218. The Morgan fingerprint density at radius 3 is 2.59 bits per heavy atom. The zero-order valence-corrected chi connectivity index (χ0v) is 14.8. The van der Waals surface area contributed by atoms with Crippen molar-refractivity contribution in [3.8, 4) is 0 Å². The third kappa shape index (κ3) is 6.10. The Bertz CT molecular complexity index is 368. The number of likely N-dealkylation sites (tertiary alicyclic amines) is 1. The van der Waals surface area contributed by atoms with Gasteiger partial charge in [-0.15, -0.1) is 0 Å². The predicted octanol–water partition coefficient (Wildman–Crippen LogP) is 1.28. The summed E-state index contributed by atoms with van der Waals surface area (Å²) in [6, 6.07) is 0. The normalized spacial score (nSPS) is 24.5. The summed E-state index contributed by atoms with van der Waals surface area (Å²) in [6.07, 6.45) is 1.73. The average molecular weight is 315 g/mol. The van der Waals surface area contributed by atoms with Crippen LogP contribution in [0, 0.1) is 5.41 Å². The fourth-order valence-corrected chi connectivity index (χ4v) is 3.09. The van der Waals surface area contributed by atoms with Crippen LogP contribution >= 0.6 is 0 Å². The molecule has 1 heterocycles. The van der Waals surface area contributed by atoms with Crippen LogP contribution in [0.2, 0.25) is 0 Å². The molecule has 130 valence electrons. The van der Waals surface area contributed by atoms with Crippen molar-refractivity contribution in [2.24, 2.45) is 11.1 Å². The van der Waals surface area contributed by atoms with Crippen molar-refractivity contribution in [2.75, 3.05) is 40.3 Å². The van der Waals surface area contributed by atoms with Crippen molar-refractivity contribution < 1.29 is 14.6 Å². The lowest BCUT2D eigenvalue weighted by Crippen LogP contribution is -2.52. The van der Waals surface area contributed by atoms with Crippen LogP contribution in [0.4, 0.5) is 4.79 Å². The first-order chi connectivity index (χ1) is 10.1. The largest absolute Gasteiger partial charge is 0.444 e. The smallest absolute Gasteiger partial charge is 0.410 e. The van der Waals surface area contributed by atoms with E-state index in [9.17, 15) is 9.90 Å². The molecule has 1 aliphatic heterocycles. The molecule has 0 aromatic carbocycles. The van der Waals surface area contributed by atoms with Crippen molar-refractivity contribution in [3.63, 3.8) is 0 Å². The standard InChI is InChI=1S/C16H33N3O3/c1-15(2,3)22-14(21)19-8-6-7-16(11-17,12-19)9-13(20)10-18(4)5/h13,20H,6-12,17H2,1-5H3. The summed E-state index contributed by atoms with van der Waals surface area (Å²) < 4.78 is 5.46. The third-order valence-electron chi connectivity index (χ3n) is 3.99. The maximum Gasteiger partial charge on any atom is 0.410 e. The first-order valence-corrected chi connectivity index (χ1v) is 8.08. The third-order valence-corrected chi connectivity index (χ3v) is 3.99. The van der Waals surface area contributed by atoms with Crippen molar-refractivity contribution in [3.05, 3.63) is 0 Å². The number of aliphatic hydroxyl groups excluding tert-OH is 1. The van der Waals surface area contributed by atoms with Crippen molar-refractivity contribution in [1.29, 1.82) is 0 Å². The Morgan fingerprint density at radius 1 is 1.45 bits per heavy atom. The van der Waals surface area contributed by atoms with Gasteiger partial charge in [0, 0.05) is 25.0 Å². The molecule has 2 atom stereocenters. The Balaban J connectivity index is 2.70. The van der Waals surface area contributed by atoms with Gasteiger partial charge in [0.2, 0.25) is 0 Å². The van der Waals surface area contributed by atoms with Crippen molar-refractivity contribution in [1.82, 2.24) is 9.80 Å². The van der Waals surface area contributed by atoms with Crippen LogP contribution in [0.5, 0.6) is 0 Å². The van der Waals surface area contributed by atoms with E-state index in [1.807, 2.05) is 39.8 Å². The Morgan fingerprint density at radius 2 is 2.09 bits per heavy atom. The van der Waals surface area contributed by atoms with Gasteiger partial charge in [-0.2, -0.15) is 0 Å². The highest BCUT2D eigenvalue weighted by atomic mass is 16.6. The van der Waals surface area contributed by atoms with Gasteiger partial charge in [-0.3, -0.25) is 0 Å². The van der Waals surface area contributed by atoms with Crippen LogP contribution in [-0.4, -0.2) is 73.0 Å². The molecule has 0 spiro atoms. The first kappa shape index (κ1) is 19.2. The van der Waals surface area contributed by atoms with Gasteiger partial charge in [0.1, 0.15) is 5.60 Å². The molecule has 1 rings (SSSR count). The molecule has 0 aromatic heterocycles. The molecule has 1 fully saturated rings. The number of amides is 1. The summed E-state index contributed by atoms with van der Waals surface area (Å²) in [5.74, 6) is 0. The predicted molar refractivity (Wildman–Crippen MR) is 87.7 cm³/mol. The molecule has 0 aliphatic carbocycles. The summed E-state index contributed by atoms with van der Waals surface area (Å²) in [5.41, 5.74) is 5.29. The number of piperidine rings is 1. The lowest BCUT2D eigenvalue weighted by Gasteiger charge is -2.43. The van der Waals surface area contributed by atoms with Gasteiger partial charge in [-0.25, -0.2) is 4.79 Å². The van der Waals surface area contributed by atoms with E-state index in [1.165, 1.54) is 0 Å². The molecule has 1 aliphatic rings. The molecular formula is C16H33N3O3. The van der Waals surface area contributed by atoms with Crippen LogP contribution in [0.3, 0.4) is 0 Å². The molecule has 0 aromatic rings. The molecule has 0 radical (unpaired) electrons. The second-order valence-electron chi connectivity index (χ2n) is 7.83. The van der Waals surface area contributed by atoms with Gasteiger partial charge >= 0.3 is 6.09 Å². The number of ether oxygens (including phenoxy) is 1. The molecule has 0 bridgehead atoms. The second kappa shape index (κ2) is 7.62.